The van der Waals surface area contributed by atoms with Gasteiger partial charge in [-0.05, 0) is 60.2 Å². The maximum Gasteiger partial charge on any atom is 0.262 e. The number of phenols is 1. The van der Waals surface area contributed by atoms with Crippen LogP contribution in [-0.2, 0) is 17.8 Å². The van der Waals surface area contributed by atoms with Crippen LogP contribution < -0.4 is 10.1 Å². The predicted molar refractivity (Wildman–Crippen MR) is 116 cm³/mol. The van der Waals surface area contributed by atoms with Gasteiger partial charge >= 0.3 is 0 Å². The van der Waals surface area contributed by atoms with Gasteiger partial charge < -0.3 is 20.1 Å². The van der Waals surface area contributed by atoms with Crippen molar-refractivity contribution in [3.05, 3.63) is 75.5 Å². The Balaban J connectivity index is 1.43. The average Bonchev–Trinajstić information content (AvgIpc) is 3.22. The molecule has 4 rings (SSSR count). The van der Waals surface area contributed by atoms with Gasteiger partial charge in [0.1, 0.15) is 0 Å². The molecule has 3 aromatic rings. The molecule has 1 aromatic heterocycles. The number of benzene rings is 2. The molecule has 0 aliphatic carbocycles. The van der Waals surface area contributed by atoms with Crippen molar-refractivity contribution < 1.29 is 19.4 Å². The van der Waals surface area contributed by atoms with Crippen molar-refractivity contribution in [2.24, 2.45) is 0 Å². The zero-order chi connectivity index (χ0) is 21.1. The first kappa shape index (κ1) is 20.0. The van der Waals surface area contributed by atoms with Gasteiger partial charge in [0.25, 0.3) is 11.8 Å². The molecule has 0 bridgehead atoms. The van der Waals surface area contributed by atoms with Crippen LogP contribution in [0.3, 0.4) is 0 Å². The van der Waals surface area contributed by atoms with Crippen molar-refractivity contribution in [3.8, 4) is 11.5 Å². The Morgan fingerprint density at radius 2 is 2.00 bits per heavy atom. The number of nitrogens with zero attached hydrogens (tertiary/aromatic N) is 1. The summed E-state index contributed by atoms with van der Waals surface area (Å²) < 4.78 is 5.37. The van der Waals surface area contributed by atoms with Crippen LogP contribution in [-0.4, -0.2) is 35.0 Å². The Kier molecular flexibility index (Phi) is 5.72. The van der Waals surface area contributed by atoms with E-state index in [1.54, 1.807) is 47.7 Å². The average molecular weight is 423 g/mol. The summed E-state index contributed by atoms with van der Waals surface area (Å²) in [7, 11) is 0. The van der Waals surface area contributed by atoms with Gasteiger partial charge in [-0.15, -0.1) is 11.3 Å². The molecule has 0 radical (unpaired) electrons. The number of amides is 2. The van der Waals surface area contributed by atoms with Crippen LogP contribution in [0.2, 0.25) is 0 Å². The number of phenolic OH excluding ortho intramolecular Hbond substituents is 1. The van der Waals surface area contributed by atoms with Crippen molar-refractivity contribution in [2.75, 3.05) is 18.5 Å². The zero-order valence-corrected chi connectivity index (χ0v) is 17.4. The Morgan fingerprint density at radius 3 is 2.83 bits per heavy atom. The fourth-order valence-corrected chi connectivity index (χ4v) is 4.39. The van der Waals surface area contributed by atoms with Crippen LogP contribution in [0, 0.1) is 6.92 Å². The molecule has 0 atom stereocenters. The third-order valence-corrected chi connectivity index (χ3v) is 6.18. The molecule has 0 saturated heterocycles. The number of fused-ring (bicyclic) bond motifs is 1. The van der Waals surface area contributed by atoms with Gasteiger partial charge in [-0.1, -0.05) is 18.2 Å². The smallest absolute Gasteiger partial charge is 0.262 e. The van der Waals surface area contributed by atoms with E-state index in [9.17, 15) is 14.7 Å². The maximum absolute atomic E-state index is 13.1. The number of hydrogen-bond donors (Lipinski definition) is 2. The second kappa shape index (κ2) is 8.59. The Bertz CT molecular complexity index is 1090. The Morgan fingerprint density at radius 1 is 1.17 bits per heavy atom. The molecule has 6 nitrogen and oxygen atoms in total. The summed E-state index contributed by atoms with van der Waals surface area (Å²) >= 11 is 1.74. The molecule has 2 amide bonds. The molecular formula is C23H22N2O4S. The van der Waals surface area contributed by atoms with Gasteiger partial charge in [0, 0.05) is 29.2 Å². The molecule has 2 N–H and O–H groups in total. The monoisotopic (exact) mass is 422 g/mol. The standard InChI is InChI=1S/C23H22N2O4S/c1-15-17(23(28)25-11-9-21-16(13-25)10-12-30-21)5-4-6-18(15)24-22(27)14-29-20-8-3-2-7-19(20)26/h2-8,10,12,26H,9,11,13-14H2,1H3,(H,24,27). The quantitative estimate of drug-likeness (QED) is 0.652. The summed E-state index contributed by atoms with van der Waals surface area (Å²) in [5.74, 6) is -0.187. The third kappa shape index (κ3) is 4.16. The molecule has 0 spiro atoms. The topological polar surface area (TPSA) is 78.9 Å². The maximum atomic E-state index is 13.1. The lowest BCUT2D eigenvalue weighted by Crippen LogP contribution is -2.35. The highest BCUT2D eigenvalue weighted by Gasteiger charge is 2.24. The SMILES string of the molecule is Cc1c(NC(=O)COc2ccccc2O)cccc1C(=O)N1CCc2sccc2C1. The van der Waals surface area contributed by atoms with E-state index in [0.717, 1.165) is 12.0 Å². The van der Waals surface area contributed by atoms with Crippen molar-refractivity contribution in [1.29, 1.82) is 0 Å². The fraction of sp³-hybridized carbons (Fsp3) is 0.217. The molecule has 0 unspecified atom stereocenters. The number of nitrogens with one attached hydrogen (secondary N) is 1. The van der Waals surface area contributed by atoms with Gasteiger partial charge in [0.05, 0.1) is 0 Å². The van der Waals surface area contributed by atoms with E-state index in [-0.39, 0.29) is 29.9 Å². The van der Waals surface area contributed by atoms with Crippen LogP contribution in [0.4, 0.5) is 5.69 Å². The first-order chi connectivity index (χ1) is 14.5. The largest absolute Gasteiger partial charge is 0.504 e. The molecule has 0 fully saturated rings. The Hall–Kier alpha value is -3.32. The van der Waals surface area contributed by atoms with E-state index >= 15 is 0 Å². The van der Waals surface area contributed by atoms with Crippen molar-refractivity contribution in [2.45, 2.75) is 19.9 Å². The van der Waals surface area contributed by atoms with Crippen LogP contribution in [0.15, 0.2) is 53.9 Å². The van der Waals surface area contributed by atoms with E-state index in [2.05, 4.69) is 16.8 Å². The number of hydrogen-bond acceptors (Lipinski definition) is 5. The number of para-hydroxylation sites is 2. The summed E-state index contributed by atoms with van der Waals surface area (Å²) in [6, 6.07) is 13.9. The van der Waals surface area contributed by atoms with Gasteiger partial charge in [-0.3, -0.25) is 9.59 Å². The van der Waals surface area contributed by atoms with Crippen LogP contribution in [0.1, 0.15) is 26.4 Å². The minimum absolute atomic E-state index is 0.0237. The number of anilines is 1. The molecule has 7 heteroatoms. The van der Waals surface area contributed by atoms with E-state index in [1.807, 2.05) is 11.8 Å². The molecule has 2 aromatic carbocycles. The van der Waals surface area contributed by atoms with Crippen LogP contribution >= 0.6 is 11.3 Å². The first-order valence-corrected chi connectivity index (χ1v) is 10.6. The van der Waals surface area contributed by atoms with Gasteiger partial charge in [0.2, 0.25) is 0 Å². The minimum atomic E-state index is -0.369. The summed E-state index contributed by atoms with van der Waals surface area (Å²) in [4.78, 5) is 28.6. The van der Waals surface area contributed by atoms with E-state index in [0.29, 0.717) is 24.3 Å². The number of carbonyl (C=O) groups is 2. The lowest BCUT2D eigenvalue weighted by Gasteiger charge is -2.28. The van der Waals surface area contributed by atoms with Gasteiger partial charge in [-0.25, -0.2) is 0 Å². The second-order valence-corrected chi connectivity index (χ2v) is 8.13. The number of rotatable bonds is 5. The van der Waals surface area contributed by atoms with Gasteiger partial charge in [0.15, 0.2) is 18.1 Å². The van der Waals surface area contributed by atoms with Crippen LogP contribution in [0.5, 0.6) is 11.5 Å². The summed E-state index contributed by atoms with van der Waals surface area (Å²) in [5.41, 5.74) is 3.07. The third-order valence-electron chi connectivity index (χ3n) is 5.16. The van der Waals surface area contributed by atoms with E-state index in [1.165, 1.54) is 16.5 Å². The molecular weight excluding hydrogens is 400 g/mol. The molecule has 154 valence electrons. The summed E-state index contributed by atoms with van der Waals surface area (Å²) in [5, 5.41) is 14.6. The Labute approximate surface area is 178 Å². The minimum Gasteiger partial charge on any atom is -0.504 e. The molecule has 1 aliphatic rings. The van der Waals surface area contributed by atoms with Gasteiger partial charge in [-0.2, -0.15) is 0 Å². The molecule has 1 aliphatic heterocycles. The van der Waals surface area contributed by atoms with Crippen molar-refractivity contribution >= 4 is 28.8 Å². The van der Waals surface area contributed by atoms with Crippen LogP contribution in [0.25, 0.3) is 0 Å². The number of thiophene rings is 1. The fourth-order valence-electron chi connectivity index (χ4n) is 3.50. The lowest BCUT2D eigenvalue weighted by molar-refractivity contribution is -0.118. The highest BCUT2D eigenvalue weighted by Crippen LogP contribution is 2.27. The normalized spacial score (nSPS) is 12.9. The zero-order valence-electron chi connectivity index (χ0n) is 16.6. The van der Waals surface area contributed by atoms with E-state index in [4.69, 9.17) is 4.74 Å². The highest BCUT2D eigenvalue weighted by molar-refractivity contribution is 7.10. The second-order valence-electron chi connectivity index (χ2n) is 7.13. The number of aromatic hydroxyl groups is 1. The summed E-state index contributed by atoms with van der Waals surface area (Å²) in [6.45, 7) is 2.88. The first-order valence-electron chi connectivity index (χ1n) is 9.67. The van der Waals surface area contributed by atoms with E-state index < -0.39 is 0 Å². The molecule has 30 heavy (non-hydrogen) atoms. The summed E-state index contributed by atoms with van der Waals surface area (Å²) in [6.07, 6.45) is 0.873. The molecule has 2 heterocycles. The van der Waals surface area contributed by atoms with Crippen molar-refractivity contribution in [3.63, 3.8) is 0 Å². The highest BCUT2D eigenvalue weighted by atomic mass is 32.1. The lowest BCUT2D eigenvalue weighted by atomic mass is 10.0. The molecule has 0 saturated carbocycles. The van der Waals surface area contributed by atoms with Crippen molar-refractivity contribution in [1.82, 2.24) is 4.90 Å². The number of ether oxygens (including phenoxy) is 1. The predicted octanol–water partition coefficient (Wildman–Crippen LogP) is 3.98. The number of carbonyl (C=O) groups excluding carboxylic acids is 2.